The Labute approximate surface area is 123 Å². The van der Waals surface area contributed by atoms with Gasteiger partial charge in [0.2, 0.25) is 0 Å². The van der Waals surface area contributed by atoms with Crippen LogP contribution < -0.4 is 10.6 Å². The lowest BCUT2D eigenvalue weighted by Crippen LogP contribution is -2.39. The molecule has 0 heterocycles. The number of nitrogens with zero attached hydrogens (tertiary/aromatic N) is 1. The molecule has 17 heavy (non-hydrogen) atoms. The molecule has 1 aliphatic rings. The second-order valence-electron chi connectivity index (χ2n) is 5.15. The van der Waals surface area contributed by atoms with Crippen LogP contribution in [-0.2, 0) is 0 Å². The summed E-state index contributed by atoms with van der Waals surface area (Å²) in [6.07, 6.45) is 3.96. The van der Waals surface area contributed by atoms with Gasteiger partial charge in [-0.15, -0.1) is 24.0 Å². The first-order valence-electron chi connectivity index (χ1n) is 6.72. The van der Waals surface area contributed by atoms with Gasteiger partial charge in [0, 0.05) is 19.1 Å². The Morgan fingerprint density at radius 3 is 2.59 bits per heavy atom. The van der Waals surface area contributed by atoms with Gasteiger partial charge in [0.1, 0.15) is 0 Å². The van der Waals surface area contributed by atoms with Gasteiger partial charge in [-0.05, 0) is 31.6 Å². The Morgan fingerprint density at radius 1 is 1.35 bits per heavy atom. The summed E-state index contributed by atoms with van der Waals surface area (Å²) in [6, 6.07) is 0.671. The first kappa shape index (κ1) is 17.0. The van der Waals surface area contributed by atoms with Crippen LogP contribution in [0.25, 0.3) is 0 Å². The summed E-state index contributed by atoms with van der Waals surface area (Å²) in [4.78, 5) is 4.58. The summed E-state index contributed by atoms with van der Waals surface area (Å²) in [5.74, 6) is 2.51. The van der Waals surface area contributed by atoms with Crippen LogP contribution in [-0.4, -0.2) is 25.1 Å². The average Bonchev–Trinajstić information content (AvgIpc) is 2.94. The zero-order valence-electron chi connectivity index (χ0n) is 11.6. The first-order valence-corrected chi connectivity index (χ1v) is 6.72. The van der Waals surface area contributed by atoms with Crippen molar-refractivity contribution in [3.63, 3.8) is 0 Å². The van der Waals surface area contributed by atoms with Crippen molar-refractivity contribution in [1.29, 1.82) is 0 Å². The minimum atomic E-state index is 0. The Hall–Kier alpha value is 0. The molecule has 0 aromatic rings. The van der Waals surface area contributed by atoms with Gasteiger partial charge in [0.15, 0.2) is 5.96 Å². The highest BCUT2D eigenvalue weighted by atomic mass is 127. The molecular formula is C13H28IN3. The molecule has 1 fully saturated rings. The number of hydrogen-bond donors (Lipinski definition) is 2. The number of hydrogen-bond acceptors (Lipinski definition) is 1. The average molecular weight is 353 g/mol. The quantitative estimate of drug-likeness (QED) is 0.438. The van der Waals surface area contributed by atoms with E-state index in [9.17, 15) is 0 Å². The SMILES string of the molecule is CCCC1CC1NC(=NCC(C)C)NCC.I. The van der Waals surface area contributed by atoms with Crippen molar-refractivity contribution in [1.82, 2.24) is 10.6 Å². The van der Waals surface area contributed by atoms with Crippen molar-refractivity contribution in [2.75, 3.05) is 13.1 Å². The Morgan fingerprint density at radius 2 is 2.06 bits per heavy atom. The number of guanidine groups is 1. The monoisotopic (exact) mass is 353 g/mol. The largest absolute Gasteiger partial charge is 0.357 e. The third-order valence-electron chi connectivity index (χ3n) is 2.86. The van der Waals surface area contributed by atoms with Gasteiger partial charge in [-0.2, -0.15) is 0 Å². The molecule has 4 heteroatoms. The molecule has 1 saturated carbocycles. The highest BCUT2D eigenvalue weighted by Crippen LogP contribution is 2.34. The lowest BCUT2D eigenvalue weighted by atomic mass is 10.2. The highest BCUT2D eigenvalue weighted by Gasteiger charge is 2.36. The molecular weight excluding hydrogens is 325 g/mol. The third-order valence-corrected chi connectivity index (χ3v) is 2.86. The number of rotatable bonds is 6. The summed E-state index contributed by atoms with van der Waals surface area (Å²) >= 11 is 0. The summed E-state index contributed by atoms with van der Waals surface area (Å²) in [6.45, 7) is 10.6. The van der Waals surface area contributed by atoms with Crippen molar-refractivity contribution >= 4 is 29.9 Å². The molecule has 2 unspecified atom stereocenters. The predicted octanol–water partition coefficient (Wildman–Crippen LogP) is 3.00. The van der Waals surface area contributed by atoms with E-state index in [1.807, 2.05) is 0 Å². The molecule has 2 N–H and O–H groups in total. The van der Waals surface area contributed by atoms with Gasteiger partial charge in [-0.1, -0.05) is 27.2 Å². The minimum Gasteiger partial charge on any atom is -0.357 e. The molecule has 2 atom stereocenters. The third kappa shape index (κ3) is 7.11. The van der Waals surface area contributed by atoms with E-state index in [0.717, 1.165) is 25.0 Å². The van der Waals surface area contributed by atoms with E-state index < -0.39 is 0 Å². The molecule has 0 aliphatic heterocycles. The van der Waals surface area contributed by atoms with Crippen LogP contribution in [0, 0.1) is 11.8 Å². The maximum absolute atomic E-state index is 4.58. The van der Waals surface area contributed by atoms with Gasteiger partial charge < -0.3 is 10.6 Å². The van der Waals surface area contributed by atoms with E-state index in [4.69, 9.17) is 0 Å². The van der Waals surface area contributed by atoms with E-state index >= 15 is 0 Å². The summed E-state index contributed by atoms with van der Waals surface area (Å²) in [5, 5.41) is 6.83. The molecule has 0 aromatic carbocycles. The second kappa shape index (κ2) is 9.00. The van der Waals surface area contributed by atoms with Crippen molar-refractivity contribution in [2.24, 2.45) is 16.8 Å². The van der Waals surface area contributed by atoms with Gasteiger partial charge in [-0.3, -0.25) is 4.99 Å². The summed E-state index contributed by atoms with van der Waals surface area (Å²) in [5.41, 5.74) is 0. The highest BCUT2D eigenvalue weighted by molar-refractivity contribution is 14.0. The Kier molecular flexibility index (Phi) is 9.00. The normalized spacial score (nSPS) is 23.2. The maximum atomic E-state index is 4.58. The van der Waals surface area contributed by atoms with Crippen LogP contribution >= 0.6 is 24.0 Å². The lowest BCUT2D eigenvalue weighted by molar-refractivity contribution is 0.640. The van der Waals surface area contributed by atoms with Gasteiger partial charge in [0.25, 0.3) is 0 Å². The van der Waals surface area contributed by atoms with Crippen LogP contribution in [0.2, 0.25) is 0 Å². The van der Waals surface area contributed by atoms with Crippen LogP contribution in [0.3, 0.4) is 0 Å². The molecule has 0 bridgehead atoms. The Bertz CT molecular complexity index is 229. The zero-order valence-corrected chi connectivity index (χ0v) is 14.0. The van der Waals surface area contributed by atoms with Gasteiger partial charge in [0.05, 0.1) is 0 Å². The summed E-state index contributed by atoms with van der Waals surface area (Å²) < 4.78 is 0. The molecule has 102 valence electrons. The van der Waals surface area contributed by atoms with Gasteiger partial charge in [-0.25, -0.2) is 0 Å². The van der Waals surface area contributed by atoms with E-state index in [0.29, 0.717) is 12.0 Å². The smallest absolute Gasteiger partial charge is 0.191 e. The fraction of sp³-hybridized carbons (Fsp3) is 0.923. The van der Waals surface area contributed by atoms with Crippen LogP contribution in [0.4, 0.5) is 0 Å². The molecule has 3 nitrogen and oxygen atoms in total. The van der Waals surface area contributed by atoms with Crippen LogP contribution in [0.15, 0.2) is 4.99 Å². The first-order chi connectivity index (χ1) is 7.67. The van der Waals surface area contributed by atoms with Crippen LogP contribution in [0.5, 0.6) is 0 Å². The molecule has 0 saturated heterocycles. The second-order valence-corrected chi connectivity index (χ2v) is 5.15. The molecule has 1 aliphatic carbocycles. The summed E-state index contributed by atoms with van der Waals surface area (Å²) in [7, 11) is 0. The molecule has 1 rings (SSSR count). The molecule has 0 radical (unpaired) electrons. The zero-order chi connectivity index (χ0) is 12.0. The van der Waals surface area contributed by atoms with E-state index in [2.05, 4.69) is 43.3 Å². The lowest BCUT2D eigenvalue weighted by Gasteiger charge is -2.11. The number of aliphatic imine (C=N–C) groups is 1. The fourth-order valence-electron chi connectivity index (χ4n) is 1.88. The minimum absolute atomic E-state index is 0. The fourth-order valence-corrected chi connectivity index (χ4v) is 1.88. The van der Waals surface area contributed by atoms with Crippen LogP contribution in [0.1, 0.15) is 47.0 Å². The van der Waals surface area contributed by atoms with E-state index in [1.165, 1.54) is 19.3 Å². The van der Waals surface area contributed by atoms with Crippen molar-refractivity contribution < 1.29 is 0 Å². The molecule has 0 spiro atoms. The van der Waals surface area contributed by atoms with Gasteiger partial charge >= 0.3 is 0 Å². The number of nitrogens with one attached hydrogen (secondary N) is 2. The van der Waals surface area contributed by atoms with E-state index in [-0.39, 0.29) is 24.0 Å². The topological polar surface area (TPSA) is 36.4 Å². The predicted molar refractivity (Wildman–Crippen MR) is 86.2 cm³/mol. The van der Waals surface area contributed by atoms with Crippen molar-refractivity contribution in [2.45, 2.75) is 53.0 Å². The maximum Gasteiger partial charge on any atom is 0.191 e. The van der Waals surface area contributed by atoms with Crippen molar-refractivity contribution in [3.8, 4) is 0 Å². The molecule has 0 amide bonds. The molecule has 0 aromatic heterocycles. The Balaban J connectivity index is 0.00000256. The number of halogens is 1. The standard InChI is InChI=1S/C13H27N3.HI/c1-5-7-11-8-12(11)16-13(14-6-2)15-9-10(3)4;/h10-12H,5-9H2,1-4H3,(H2,14,15,16);1H. The van der Waals surface area contributed by atoms with Crippen molar-refractivity contribution in [3.05, 3.63) is 0 Å². The van der Waals surface area contributed by atoms with E-state index in [1.54, 1.807) is 0 Å².